The molecular weight excluding hydrogens is 218 g/mol. The number of benzene rings is 1. The number of nitrogens with one attached hydrogen (secondary N) is 1. The SMILES string of the molecule is C[C@H](NC1Cc2ccccc2C1)C1CCCCC1. The molecule has 1 N–H and O–H groups in total. The minimum Gasteiger partial charge on any atom is -0.311 e. The summed E-state index contributed by atoms with van der Waals surface area (Å²) in [7, 11) is 0. The molecule has 0 bridgehead atoms. The molecule has 1 atom stereocenters. The van der Waals surface area contributed by atoms with E-state index in [1.165, 1.54) is 44.9 Å². The highest BCUT2D eigenvalue weighted by molar-refractivity contribution is 5.33. The van der Waals surface area contributed by atoms with Gasteiger partial charge in [-0.05, 0) is 49.7 Å². The Hall–Kier alpha value is -0.820. The topological polar surface area (TPSA) is 12.0 Å². The van der Waals surface area contributed by atoms with Gasteiger partial charge in [-0.3, -0.25) is 0 Å². The van der Waals surface area contributed by atoms with E-state index in [0.29, 0.717) is 12.1 Å². The molecule has 18 heavy (non-hydrogen) atoms. The lowest BCUT2D eigenvalue weighted by atomic mass is 9.84. The molecule has 0 radical (unpaired) electrons. The molecule has 2 aliphatic rings. The van der Waals surface area contributed by atoms with Gasteiger partial charge in [-0.2, -0.15) is 0 Å². The van der Waals surface area contributed by atoms with Crippen LogP contribution >= 0.6 is 0 Å². The molecule has 2 aliphatic carbocycles. The molecule has 98 valence electrons. The van der Waals surface area contributed by atoms with Crippen LogP contribution in [0.5, 0.6) is 0 Å². The van der Waals surface area contributed by atoms with Crippen molar-refractivity contribution in [3.05, 3.63) is 35.4 Å². The van der Waals surface area contributed by atoms with Crippen molar-refractivity contribution in [2.24, 2.45) is 5.92 Å². The van der Waals surface area contributed by atoms with Crippen LogP contribution in [-0.4, -0.2) is 12.1 Å². The average molecular weight is 243 g/mol. The largest absolute Gasteiger partial charge is 0.311 e. The molecule has 0 aromatic heterocycles. The van der Waals surface area contributed by atoms with Crippen molar-refractivity contribution in [1.29, 1.82) is 0 Å². The fourth-order valence-corrected chi connectivity index (χ4v) is 3.82. The first-order valence-electron chi connectivity index (χ1n) is 7.66. The molecule has 0 amide bonds. The van der Waals surface area contributed by atoms with E-state index in [0.717, 1.165) is 5.92 Å². The lowest BCUT2D eigenvalue weighted by Gasteiger charge is -2.30. The number of hydrogen-bond acceptors (Lipinski definition) is 1. The van der Waals surface area contributed by atoms with Gasteiger partial charge in [0.25, 0.3) is 0 Å². The van der Waals surface area contributed by atoms with Crippen molar-refractivity contribution in [3.63, 3.8) is 0 Å². The van der Waals surface area contributed by atoms with Crippen LogP contribution < -0.4 is 5.32 Å². The van der Waals surface area contributed by atoms with E-state index in [1.807, 2.05) is 0 Å². The Morgan fingerprint density at radius 1 is 1.00 bits per heavy atom. The van der Waals surface area contributed by atoms with Crippen molar-refractivity contribution in [3.8, 4) is 0 Å². The second-order valence-electron chi connectivity index (χ2n) is 6.23. The predicted molar refractivity (Wildman–Crippen MR) is 76.8 cm³/mol. The zero-order valence-electron chi connectivity index (χ0n) is 11.5. The minimum absolute atomic E-state index is 0.680. The standard InChI is InChI=1S/C17H25N/c1-13(14-7-3-2-4-8-14)18-17-11-15-9-5-6-10-16(15)12-17/h5-6,9-10,13-14,17-18H,2-4,7-8,11-12H2,1H3/t13-/m0/s1. The Morgan fingerprint density at radius 2 is 1.61 bits per heavy atom. The quantitative estimate of drug-likeness (QED) is 0.853. The smallest absolute Gasteiger partial charge is 0.0151 e. The first kappa shape index (κ1) is 12.2. The van der Waals surface area contributed by atoms with E-state index < -0.39 is 0 Å². The van der Waals surface area contributed by atoms with Gasteiger partial charge in [0.2, 0.25) is 0 Å². The maximum Gasteiger partial charge on any atom is 0.0151 e. The van der Waals surface area contributed by atoms with Gasteiger partial charge < -0.3 is 5.32 Å². The Balaban J connectivity index is 1.55. The highest BCUT2D eigenvalue weighted by Gasteiger charge is 2.26. The van der Waals surface area contributed by atoms with E-state index in [9.17, 15) is 0 Å². The number of rotatable bonds is 3. The summed E-state index contributed by atoms with van der Waals surface area (Å²) >= 11 is 0. The molecular formula is C17H25N. The third-order valence-electron chi connectivity index (χ3n) is 4.91. The highest BCUT2D eigenvalue weighted by Crippen LogP contribution is 2.28. The molecule has 1 heteroatoms. The van der Waals surface area contributed by atoms with E-state index in [-0.39, 0.29) is 0 Å². The molecule has 1 aromatic carbocycles. The molecule has 1 aromatic rings. The lowest BCUT2D eigenvalue weighted by Crippen LogP contribution is -2.42. The van der Waals surface area contributed by atoms with Gasteiger partial charge in [0, 0.05) is 12.1 Å². The van der Waals surface area contributed by atoms with Crippen LogP contribution in [0.3, 0.4) is 0 Å². The van der Waals surface area contributed by atoms with Crippen LogP contribution in [0.25, 0.3) is 0 Å². The predicted octanol–water partition coefficient (Wildman–Crippen LogP) is 3.71. The summed E-state index contributed by atoms with van der Waals surface area (Å²) in [6.45, 7) is 2.40. The molecule has 1 saturated carbocycles. The Labute approximate surface area is 111 Å². The van der Waals surface area contributed by atoms with Gasteiger partial charge in [-0.25, -0.2) is 0 Å². The van der Waals surface area contributed by atoms with Crippen molar-refractivity contribution < 1.29 is 0 Å². The van der Waals surface area contributed by atoms with E-state index in [2.05, 4.69) is 36.5 Å². The highest BCUT2D eigenvalue weighted by atomic mass is 15.0. The average Bonchev–Trinajstić information content (AvgIpc) is 2.82. The summed E-state index contributed by atoms with van der Waals surface area (Å²) in [5.41, 5.74) is 3.12. The third kappa shape index (κ3) is 2.61. The lowest BCUT2D eigenvalue weighted by molar-refractivity contribution is 0.265. The zero-order chi connectivity index (χ0) is 12.4. The molecule has 1 fully saturated rings. The van der Waals surface area contributed by atoms with E-state index >= 15 is 0 Å². The number of hydrogen-bond donors (Lipinski definition) is 1. The van der Waals surface area contributed by atoms with E-state index in [1.54, 1.807) is 11.1 Å². The van der Waals surface area contributed by atoms with Gasteiger partial charge in [-0.1, -0.05) is 43.5 Å². The molecule has 0 saturated heterocycles. The van der Waals surface area contributed by atoms with Gasteiger partial charge in [0.15, 0.2) is 0 Å². The molecule has 0 unspecified atom stereocenters. The molecule has 1 nitrogen and oxygen atoms in total. The second kappa shape index (κ2) is 5.44. The maximum absolute atomic E-state index is 3.90. The summed E-state index contributed by atoms with van der Waals surface area (Å²) in [6, 6.07) is 10.3. The first-order valence-corrected chi connectivity index (χ1v) is 7.66. The molecule has 0 aliphatic heterocycles. The summed E-state index contributed by atoms with van der Waals surface area (Å²) in [4.78, 5) is 0. The van der Waals surface area contributed by atoms with Gasteiger partial charge >= 0.3 is 0 Å². The molecule has 0 spiro atoms. The van der Waals surface area contributed by atoms with Crippen LogP contribution in [0, 0.1) is 5.92 Å². The molecule has 3 rings (SSSR count). The second-order valence-corrected chi connectivity index (χ2v) is 6.23. The van der Waals surface area contributed by atoms with Crippen LogP contribution in [0.15, 0.2) is 24.3 Å². The van der Waals surface area contributed by atoms with Crippen molar-refractivity contribution >= 4 is 0 Å². The minimum atomic E-state index is 0.680. The fraction of sp³-hybridized carbons (Fsp3) is 0.647. The van der Waals surface area contributed by atoms with Crippen molar-refractivity contribution in [2.75, 3.05) is 0 Å². The van der Waals surface area contributed by atoms with Crippen molar-refractivity contribution in [2.45, 2.75) is 64.0 Å². The van der Waals surface area contributed by atoms with Gasteiger partial charge in [-0.15, -0.1) is 0 Å². The van der Waals surface area contributed by atoms with Crippen LogP contribution in [0.4, 0.5) is 0 Å². The van der Waals surface area contributed by atoms with Crippen LogP contribution in [0.1, 0.15) is 50.2 Å². The van der Waals surface area contributed by atoms with E-state index in [4.69, 9.17) is 0 Å². The Kier molecular flexibility index (Phi) is 3.69. The fourth-order valence-electron chi connectivity index (χ4n) is 3.82. The zero-order valence-corrected chi connectivity index (χ0v) is 11.5. The Morgan fingerprint density at radius 3 is 2.22 bits per heavy atom. The van der Waals surface area contributed by atoms with Crippen LogP contribution in [0.2, 0.25) is 0 Å². The maximum atomic E-state index is 3.90. The van der Waals surface area contributed by atoms with Crippen molar-refractivity contribution in [1.82, 2.24) is 5.32 Å². The summed E-state index contributed by atoms with van der Waals surface area (Å²) in [5.74, 6) is 0.919. The van der Waals surface area contributed by atoms with Crippen LogP contribution in [-0.2, 0) is 12.8 Å². The molecule has 0 heterocycles. The summed E-state index contributed by atoms with van der Waals surface area (Å²) in [6.07, 6.45) is 9.68. The summed E-state index contributed by atoms with van der Waals surface area (Å²) < 4.78 is 0. The Bertz CT molecular complexity index is 367. The third-order valence-corrected chi connectivity index (χ3v) is 4.91. The summed E-state index contributed by atoms with van der Waals surface area (Å²) in [5, 5.41) is 3.90. The monoisotopic (exact) mass is 243 g/mol. The van der Waals surface area contributed by atoms with Gasteiger partial charge in [0.05, 0.1) is 0 Å². The first-order chi connectivity index (χ1) is 8.83. The normalized spacial score (nSPS) is 22.9. The number of fused-ring (bicyclic) bond motifs is 1. The van der Waals surface area contributed by atoms with Gasteiger partial charge in [0.1, 0.15) is 0 Å².